The van der Waals surface area contributed by atoms with Gasteiger partial charge in [-0.05, 0) is 52.1 Å². The summed E-state index contributed by atoms with van der Waals surface area (Å²) < 4.78 is 47.2. The average Bonchev–Trinajstić information content (AvgIpc) is 3.09. The summed E-state index contributed by atoms with van der Waals surface area (Å²) in [5.41, 5.74) is 5.65. The van der Waals surface area contributed by atoms with Crippen LogP contribution in [-0.2, 0) is 37.4 Å². The van der Waals surface area contributed by atoms with Gasteiger partial charge in [0.05, 0.1) is 36.9 Å². The molecule has 45 heavy (non-hydrogen) atoms. The van der Waals surface area contributed by atoms with Crippen molar-refractivity contribution in [2.75, 3.05) is 32.8 Å². The van der Waals surface area contributed by atoms with Crippen LogP contribution in [0.15, 0.2) is 108 Å². The standard InChI is InChI=1S/C36H40N2O6S/c1-26-34(24-38-17-19-42-20-18-38)43-36(44-35(26)29-15-13-27(25-39)14-16-29)32-10-6-9-31(22-32)30-8-5-7-28(21-30)23-37-45(40,41)33-11-3-2-4-12-33/h2-16,21-22,26,34-37,39H,17-20,23-25H2,1H3. The molecule has 0 spiro atoms. The third-order valence-corrected chi connectivity index (χ3v) is 10.0. The number of rotatable bonds is 10. The van der Waals surface area contributed by atoms with E-state index in [9.17, 15) is 13.5 Å². The lowest BCUT2D eigenvalue weighted by molar-refractivity contribution is -0.277. The molecule has 4 unspecified atom stereocenters. The maximum atomic E-state index is 12.8. The highest BCUT2D eigenvalue weighted by molar-refractivity contribution is 7.89. The molecule has 4 aromatic rings. The van der Waals surface area contributed by atoms with Gasteiger partial charge in [-0.25, -0.2) is 13.1 Å². The van der Waals surface area contributed by atoms with Crippen LogP contribution in [-0.4, -0.2) is 57.4 Å². The topological polar surface area (TPSA) is 97.3 Å². The Morgan fingerprint density at radius 3 is 2.24 bits per heavy atom. The molecule has 0 bridgehead atoms. The van der Waals surface area contributed by atoms with Crippen LogP contribution in [0, 0.1) is 5.92 Å². The van der Waals surface area contributed by atoms with E-state index in [-0.39, 0.29) is 36.2 Å². The molecule has 8 nitrogen and oxygen atoms in total. The second-order valence-corrected chi connectivity index (χ2v) is 13.5. The second kappa shape index (κ2) is 14.3. The van der Waals surface area contributed by atoms with Crippen LogP contribution >= 0.6 is 0 Å². The number of sulfonamides is 1. The Morgan fingerprint density at radius 1 is 0.800 bits per heavy atom. The number of hydrogen-bond donors (Lipinski definition) is 2. The third kappa shape index (κ3) is 7.70. The van der Waals surface area contributed by atoms with Gasteiger partial charge in [0.25, 0.3) is 0 Å². The van der Waals surface area contributed by atoms with Crippen LogP contribution in [0.25, 0.3) is 11.1 Å². The van der Waals surface area contributed by atoms with Gasteiger partial charge in [0.1, 0.15) is 0 Å². The number of aliphatic hydroxyl groups excluding tert-OH is 1. The predicted octanol–water partition coefficient (Wildman–Crippen LogP) is 5.45. The van der Waals surface area contributed by atoms with E-state index in [2.05, 4.69) is 22.6 Å². The van der Waals surface area contributed by atoms with Gasteiger partial charge in [0.15, 0.2) is 6.29 Å². The van der Waals surface area contributed by atoms with Crippen molar-refractivity contribution in [3.05, 3.63) is 125 Å². The molecule has 2 aliphatic rings. The van der Waals surface area contributed by atoms with Gasteiger partial charge < -0.3 is 19.3 Å². The number of nitrogens with one attached hydrogen (secondary N) is 1. The normalized spacial score (nSPS) is 22.7. The molecule has 2 fully saturated rings. The lowest BCUT2D eigenvalue weighted by Gasteiger charge is -2.43. The highest BCUT2D eigenvalue weighted by Gasteiger charge is 2.39. The van der Waals surface area contributed by atoms with Crippen molar-refractivity contribution in [3.63, 3.8) is 0 Å². The van der Waals surface area contributed by atoms with Crippen LogP contribution in [0.4, 0.5) is 0 Å². The van der Waals surface area contributed by atoms with Crippen molar-refractivity contribution < 1.29 is 27.7 Å². The van der Waals surface area contributed by atoms with Crippen LogP contribution in [0.2, 0.25) is 0 Å². The number of hydrogen-bond acceptors (Lipinski definition) is 7. The zero-order valence-corrected chi connectivity index (χ0v) is 26.2. The van der Waals surface area contributed by atoms with E-state index in [0.29, 0.717) is 0 Å². The number of aliphatic hydroxyl groups is 1. The van der Waals surface area contributed by atoms with E-state index in [1.165, 1.54) is 0 Å². The summed E-state index contributed by atoms with van der Waals surface area (Å²) in [5.74, 6) is 0.101. The molecule has 0 aromatic heterocycles. The molecule has 9 heteroatoms. The van der Waals surface area contributed by atoms with Gasteiger partial charge in [0.2, 0.25) is 10.0 Å². The Hall–Kier alpha value is -3.41. The summed E-state index contributed by atoms with van der Waals surface area (Å²) in [7, 11) is -3.62. The molecule has 4 aromatic carbocycles. The minimum Gasteiger partial charge on any atom is -0.392 e. The van der Waals surface area contributed by atoms with Crippen LogP contribution < -0.4 is 4.72 Å². The van der Waals surface area contributed by atoms with Gasteiger partial charge in [-0.3, -0.25) is 4.90 Å². The van der Waals surface area contributed by atoms with Crippen LogP contribution in [0.3, 0.4) is 0 Å². The monoisotopic (exact) mass is 628 g/mol. The summed E-state index contributed by atoms with van der Waals surface area (Å²) in [6, 6.07) is 32.4. The van der Waals surface area contributed by atoms with Gasteiger partial charge in [0, 0.05) is 37.7 Å². The van der Waals surface area contributed by atoms with Crippen molar-refractivity contribution in [1.29, 1.82) is 0 Å². The first-order valence-corrected chi connectivity index (χ1v) is 16.9. The van der Waals surface area contributed by atoms with E-state index >= 15 is 0 Å². The average molecular weight is 629 g/mol. The Labute approximate surface area is 265 Å². The van der Waals surface area contributed by atoms with E-state index in [1.54, 1.807) is 30.3 Å². The summed E-state index contributed by atoms with van der Waals surface area (Å²) >= 11 is 0. The minimum absolute atomic E-state index is 0.000354. The second-order valence-electron chi connectivity index (χ2n) is 11.7. The first-order chi connectivity index (χ1) is 21.9. The van der Waals surface area contributed by atoms with E-state index in [1.807, 2.05) is 66.7 Å². The maximum Gasteiger partial charge on any atom is 0.240 e. The summed E-state index contributed by atoms with van der Waals surface area (Å²) in [6.07, 6.45) is -0.822. The molecule has 2 aliphatic heterocycles. The highest BCUT2D eigenvalue weighted by Crippen LogP contribution is 2.42. The number of morpholine rings is 1. The van der Waals surface area contributed by atoms with Crippen molar-refractivity contribution in [3.8, 4) is 11.1 Å². The fourth-order valence-corrected chi connectivity index (χ4v) is 6.99. The van der Waals surface area contributed by atoms with Gasteiger partial charge >= 0.3 is 0 Å². The zero-order valence-electron chi connectivity index (χ0n) is 25.4. The lowest BCUT2D eigenvalue weighted by atomic mass is 9.89. The quantitative estimate of drug-likeness (QED) is 0.241. The summed E-state index contributed by atoms with van der Waals surface area (Å²) in [5, 5.41) is 9.56. The summed E-state index contributed by atoms with van der Waals surface area (Å²) in [4.78, 5) is 2.64. The molecule has 0 saturated carbocycles. The van der Waals surface area contributed by atoms with E-state index in [4.69, 9.17) is 14.2 Å². The van der Waals surface area contributed by atoms with Crippen molar-refractivity contribution >= 4 is 10.0 Å². The molecule has 4 atom stereocenters. The van der Waals surface area contributed by atoms with Crippen LogP contribution in [0.5, 0.6) is 0 Å². The molecule has 2 saturated heterocycles. The molecule has 2 N–H and O–H groups in total. The van der Waals surface area contributed by atoms with Crippen molar-refractivity contribution in [2.45, 2.75) is 43.5 Å². The Balaban J connectivity index is 1.23. The molecule has 6 rings (SSSR count). The predicted molar refractivity (Wildman–Crippen MR) is 173 cm³/mol. The fourth-order valence-electron chi connectivity index (χ4n) is 5.95. The molecule has 2 heterocycles. The minimum atomic E-state index is -3.62. The van der Waals surface area contributed by atoms with E-state index < -0.39 is 16.3 Å². The Kier molecular flexibility index (Phi) is 10.1. The van der Waals surface area contributed by atoms with Crippen molar-refractivity contribution in [2.24, 2.45) is 5.92 Å². The smallest absolute Gasteiger partial charge is 0.240 e. The Bertz CT molecular complexity index is 1660. The lowest BCUT2D eigenvalue weighted by Crippen LogP contribution is -2.47. The third-order valence-electron chi connectivity index (χ3n) is 8.60. The molecule has 0 radical (unpaired) electrons. The van der Waals surface area contributed by atoms with Gasteiger partial charge in [-0.2, -0.15) is 0 Å². The van der Waals surface area contributed by atoms with Crippen molar-refractivity contribution in [1.82, 2.24) is 9.62 Å². The first kappa shape index (κ1) is 31.6. The van der Waals surface area contributed by atoms with E-state index in [0.717, 1.165) is 66.2 Å². The molecule has 0 aliphatic carbocycles. The SMILES string of the molecule is CC1C(CN2CCOCC2)OC(c2cccc(-c3cccc(CNS(=O)(=O)c4ccccc4)c3)c2)OC1c1ccc(CO)cc1. The summed E-state index contributed by atoms with van der Waals surface area (Å²) in [6.45, 7) is 6.35. The Morgan fingerprint density at radius 2 is 1.51 bits per heavy atom. The largest absolute Gasteiger partial charge is 0.392 e. The molecule has 236 valence electrons. The van der Waals surface area contributed by atoms with Crippen LogP contribution in [0.1, 0.15) is 41.6 Å². The number of nitrogens with zero attached hydrogens (tertiary/aromatic N) is 1. The molecular formula is C36H40N2O6S. The fraction of sp³-hybridized carbons (Fsp3) is 0.333. The molecular weight excluding hydrogens is 588 g/mol. The zero-order chi connectivity index (χ0) is 31.2. The maximum absolute atomic E-state index is 12.8. The molecule has 0 amide bonds. The van der Waals surface area contributed by atoms with Gasteiger partial charge in [-0.15, -0.1) is 0 Å². The van der Waals surface area contributed by atoms with Gasteiger partial charge in [-0.1, -0.05) is 85.8 Å². The highest BCUT2D eigenvalue weighted by atomic mass is 32.2. The first-order valence-electron chi connectivity index (χ1n) is 15.4. The number of benzene rings is 4. The number of ether oxygens (including phenoxy) is 3.